The Morgan fingerprint density at radius 3 is 2.47 bits per heavy atom. The van der Waals surface area contributed by atoms with Crippen LogP contribution in [0, 0.1) is 0 Å². The molecule has 11 heteroatoms. The van der Waals surface area contributed by atoms with Crippen LogP contribution >= 0.6 is 0 Å². The minimum absolute atomic E-state index is 0.0612. The van der Waals surface area contributed by atoms with Crippen LogP contribution in [0.4, 0.5) is 13.2 Å². The molecule has 4 rings (SSSR count). The lowest BCUT2D eigenvalue weighted by molar-refractivity contribution is -0.155. The number of nitrogens with one attached hydrogen (secondary N) is 1. The number of benzene rings is 2. The highest BCUT2D eigenvalue weighted by Crippen LogP contribution is 2.44. The van der Waals surface area contributed by atoms with Gasteiger partial charge in [0, 0.05) is 11.1 Å². The summed E-state index contributed by atoms with van der Waals surface area (Å²) in [5, 5.41) is 24.5. The van der Waals surface area contributed by atoms with Crippen molar-refractivity contribution >= 4 is 17.0 Å². The monoisotopic (exact) mass is 472 g/mol. The van der Waals surface area contributed by atoms with Gasteiger partial charge >= 0.3 is 12.1 Å². The van der Waals surface area contributed by atoms with Gasteiger partial charge in [-0.1, -0.05) is 69.0 Å². The molecule has 8 nitrogen and oxygen atoms in total. The maximum absolute atomic E-state index is 14.3. The van der Waals surface area contributed by atoms with Crippen LogP contribution in [-0.2, 0) is 16.5 Å². The Kier molecular flexibility index (Phi) is 6.36. The maximum Gasteiger partial charge on any atom is 0.449 e. The summed E-state index contributed by atoms with van der Waals surface area (Å²) < 4.78 is 43.7. The van der Waals surface area contributed by atoms with Crippen LogP contribution in [0.3, 0.4) is 0 Å². The van der Waals surface area contributed by atoms with Crippen molar-refractivity contribution in [2.45, 2.75) is 50.7 Å². The van der Waals surface area contributed by atoms with Crippen molar-refractivity contribution in [1.29, 1.82) is 0 Å². The highest BCUT2D eigenvalue weighted by Gasteiger charge is 2.50. The van der Waals surface area contributed by atoms with Gasteiger partial charge in [0.1, 0.15) is 0 Å². The summed E-state index contributed by atoms with van der Waals surface area (Å²) in [6.45, 7) is 2.00. The van der Waals surface area contributed by atoms with Gasteiger partial charge in [-0.2, -0.15) is 18.4 Å². The molecule has 0 bridgehead atoms. The third-order valence-electron chi connectivity index (χ3n) is 5.90. The number of imidazole rings is 1. The third-order valence-corrected chi connectivity index (χ3v) is 5.90. The van der Waals surface area contributed by atoms with Crippen LogP contribution in [0.5, 0.6) is 0 Å². The second-order valence-corrected chi connectivity index (χ2v) is 8.01. The number of para-hydroxylation sites is 2. The summed E-state index contributed by atoms with van der Waals surface area (Å²) >= 11 is 0. The zero-order valence-electron chi connectivity index (χ0n) is 18.4. The first-order valence-electron chi connectivity index (χ1n) is 10.9. The van der Waals surface area contributed by atoms with Crippen LogP contribution < -0.4 is 0 Å². The zero-order valence-corrected chi connectivity index (χ0v) is 18.4. The number of unbranched alkanes of at least 4 members (excludes halogenated alkanes) is 3. The Morgan fingerprint density at radius 1 is 1.06 bits per heavy atom. The number of H-pyrrole nitrogens is 1. The van der Waals surface area contributed by atoms with E-state index in [0.29, 0.717) is 12.8 Å². The van der Waals surface area contributed by atoms with E-state index in [0.717, 1.165) is 17.4 Å². The topological polar surface area (TPSA) is 110 Å². The molecule has 4 aromatic rings. The fraction of sp³-hybridized carbons (Fsp3) is 0.348. The number of hydrogen-bond acceptors (Lipinski definition) is 5. The van der Waals surface area contributed by atoms with Gasteiger partial charge in [-0.25, -0.2) is 9.78 Å². The molecule has 0 radical (unpaired) electrons. The summed E-state index contributed by atoms with van der Waals surface area (Å²) in [5.41, 5.74) is -1.57. The number of carboxylic acids is 1. The van der Waals surface area contributed by atoms with Crippen LogP contribution in [0.1, 0.15) is 50.4 Å². The second kappa shape index (κ2) is 9.24. The Morgan fingerprint density at radius 2 is 1.79 bits per heavy atom. The van der Waals surface area contributed by atoms with Crippen LogP contribution in [-0.4, -0.2) is 41.3 Å². The lowest BCUT2D eigenvalue weighted by Crippen LogP contribution is -2.45. The number of nitrogens with zero attached hydrogens (tertiary/aromatic N) is 5. The highest BCUT2D eigenvalue weighted by molar-refractivity contribution is 5.88. The van der Waals surface area contributed by atoms with E-state index >= 15 is 0 Å². The molecule has 0 aliphatic heterocycles. The molecular weight excluding hydrogens is 449 g/mol. The van der Waals surface area contributed by atoms with Crippen molar-refractivity contribution in [3.63, 3.8) is 0 Å². The fourth-order valence-electron chi connectivity index (χ4n) is 4.41. The molecule has 0 saturated heterocycles. The average Bonchev–Trinajstić information content (AvgIpc) is 3.48. The van der Waals surface area contributed by atoms with E-state index in [4.69, 9.17) is 0 Å². The highest BCUT2D eigenvalue weighted by atomic mass is 19.4. The van der Waals surface area contributed by atoms with Gasteiger partial charge in [-0.3, -0.25) is 4.57 Å². The molecule has 34 heavy (non-hydrogen) atoms. The lowest BCUT2D eigenvalue weighted by Gasteiger charge is -2.35. The van der Waals surface area contributed by atoms with Gasteiger partial charge in [0.2, 0.25) is 11.6 Å². The molecule has 2 aromatic heterocycles. The molecular formula is C23H23F3N6O2. The van der Waals surface area contributed by atoms with Crippen molar-refractivity contribution < 1.29 is 23.1 Å². The van der Waals surface area contributed by atoms with E-state index < -0.39 is 23.5 Å². The Bertz CT molecular complexity index is 1290. The van der Waals surface area contributed by atoms with Gasteiger partial charge in [0.05, 0.1) is 11.0 Å². The molecule has 2 heterocycles. The van der Waals surface area contributed by atoms with Gasteiger partial charge in [-0.05, 0) is 23.8 Å². The standard InChI is InChI=1S/C23H23F3N6O2/c1-2-3-4-9-14-22(21(33)34,16-11-6-5-10-15(16)19-28-30-31-29-19)32-18-13-8-7-12-17(18)27-20(32)23(24,25)26/h5-8,10-13H,2-4,9,14H2,1H3,(H,33,34)(H,28,29,30,31). The summed E-state index contributed by atoms with van der Waals surface area (Å²) in [7, 11) is 0. The smallest absolute Gasteiger partial charge is 0.449 e. The summed E-state index contributed by atoms with van der Waals surface area (Å²) in [4.78, 5) is 17.0. The van der Waals surface area contributed by atoms with E-state index in [1.54, 1.807) is 30.3 Å². The number of fused-ring (bicyclic) bond motifs is 1. The fourth-order valence-corrected chi connectivity index (χ4v) is 4.41. The summed E-state index contributed by atoms with van der Waals surface area (Å²) in [5.74, 6) is -2.60. The number of halogens is 3. The number of carbonyl (C=O) groups is 1. The number of carboxylic acid groups (broad SMARTS) is 1. The minimum Gasteiger partial charge on any atom is -0.479 e. The van der Waals surface area contributed by atoms with Crippen molar-refractivity contribution in [2.24, 2.45) is 0 Å². The van der Waals surface area contributed by atoms with Crippen LogP contribution in [0.2, 0.25) is 0 Å². The molecule has 0 fully saturated rings. The minimum atomic E-state index is -4.88. The van der Waals surface area contributed by atoms with E-state index in [9.17, 15) is 23.1 Å². The number of aromatic nitrogens is 6. The SMILES string of the molecule is CCCCCCC(C(=O)O)(c1ccccc1-c1nn[nH]n1)n1c(C(F)(F)F)nc2ccccc21. The van der Waals surface area contributed by atoms with E-state index in [1.807, 2.05) is 6.92 Å². The first-order chi connectivity index (χ1) is 16.3. The van der Waals surface area contributed by atoms with Crippen molar-refractivity contribution in [3.8, 4) is 11.4 Å². The lowest BCUT2D eigenvalue weighted by atomic mass is 9.80. The first kappa shape index (κ1) is 23.4. The third kappa shape index (κ3) is 4.02. The quantitative estimate of drug-likeness (QED) is 0.331. The van der Waals surface area contributed by atoms with Crippen molar-refractivity contribution in [2.75, 3.05) is 0 Å². The van der Waals surface area contributed by atoms with Gasteiger partial charge in [0.15, 0.2) is 5.54 Å². The first-order valence-corrected chi connectivity index (χ1v) is 10.9. The van der Waals surface area contributed by atoms with E-state index in [-0.39, 0.29) is 34.4 Å². The molecule has 0 saturated carbocycles. The molecule has 0 aliphatic rings. The van der Waals surface area contributed by atoms with Crippen LogP contribution in [0.25, 0.3) is 22.4 Å². The molecule has 1 atom stereocenters. The van der Waals surface area contributed by atoms with Crippen molar-refractivity contribution in [3.05, 3.63) is 59.9 Å². The van der Waals surface area contributed by atoms with Crippen LogP contribution in [0.15, 0.2) is 48.5 Å². The number of hydrogen-bond donors (Lipinski definition) is 2. The molecule has 0 aliphatic carbocycles. The molecule has 0 amide bonds. The largest absolute Gasteiger partial charge is 0.479 e. The number of rotatable bonds is 9. The molecule has 2 N–H and O–H groups in total. The molecule has 2 aromatic carbocycles. The predicted octanol–water partition coefficient (Wildman–Crippen LogP) is 5.03. The Hall–Kier alpha value is -3.76. The number of aliphatic carboxylic acids is 1. The Balaban J connectivity index is 2.09. The van der Waals surface area contributed by atoms with Gasteiger partial charge < -0.3 is 5.11 Å². The number of aromatic amines is 1. The van der Waals surface area contributed by atoms with E-state index in [1.165, 1.54) is 18.2 Å². The maximum atomic E-state index is 14.3. The Labute approximate surface area is 192 Å². The average molecular weight is 472 g/mol. The zero-order chi connectivity index (χ0) is 24.3. The number of alkyl halides is 3. The summed E-state index contributed by atoms with van der Waals surface area (Å²) in [6.07, 6.45) is -2.18. The number of tetrazole rings is 1. The molecule has 178 valence electrons. The van der Waals surface area contributed by atoms with Crippen molar-refractivity contribution in [1.82, 2.24) is 30.2 Å². The second-order valence-electron chi connectivity index (χ2n) is 8.01. The normalized spacial score (nSPS) is 13.8. The van der Waals surface area contributed by atoms with Gasteiger partial charge in [-0.15, -0.1) is 10.2 Å². The predicted molar refractivity (Wildman–Crippen MR) is 118 cm³/mol. The summed E-state index contributed by atoms with van der Waals surface area (Å²) in [6, 6.07) is 12.4. The van der Waals surface area contributed by atoms with E-state index in [2.05, 4.69) is 25.6 Å². The molecule has 0 spiro atoms. The van der Waals surface area contributed by atoms with Gasteiger partial charge in [0.25, 0.3) is 0 Å². The molecule has 1 unspecified atom stereocenters.